The summed E-state index contributed by atoms with van der Waals surface area (Å²) in [6.45, 7) is 1.55. The maximum atomic E-state index is 13.8. The summed E-state index contributed by atoms with van der Waals surface area (Å²) in [5.74, 6) is -11.3. The molecule has 0 aliphatic heterocycles. The summed E-state index contributed by atoms with van der Waals surface area (Å²) >= 11 is 0. The number of hydrogen-bond acceptors (Lipinski definition) is 10. The van der Waals surface area contributed by atoms with Crippen LogP contribution in [0.3, 0.4) is 0 Å². The Morgan fingerprint density at radius 2 is 1.78 bits per heavy atom. The highest BCUT2D eigenvalue weighted by molar-refractivity contribution is 6.32. The molecule has 3 aliphatic rings. The molecule has 3 unspecified atom stereocenters. The standard InChI is InChI=1S/C24H27N5O8/c1-8(27-28-23(26)36)10-4-5-13(30)15-11(10)6-9-7-12-17(29(2)3)19(32)16(22(25)35)21(34)24(12,37)20(33)14(9)18(15)31/h4-5,9,12,14,16-17,30,37H,6-7H2,1-3H3,(H2,25,35)(H3,26,28,36)/t9-,12-,14?,16?,17?,24-/m0/s1. The highest BCUT2D eigenvalue weighted by Crippen LogP contribution is 2.51. The number of urea groups is 1. The second-order valence-electron chi connectivity index (χ2n) is 9.95. The van der Waals surface area contributed by atoms with E-state index in [4.69, 9.17) is 11.5 Å². The molecule has 7 N–H and O–H groups in total. The fraction of sp³-hybridized carbons (Fsp3) is 0.458. The third-order valence-corrected chi connectivity index (χ3v) is 7.67. The number of Topliss-reactive ketones (excluding diaryl/α,β-unsaturated/α-hetero) is 4. The smallest absolute Gasteiger partial charge is 0.332 e. The molecule has 1 aromatic carbocycles. The molecule has 37 heavy (non-hydrogen) atoms. The van der Waals surface area contributed by atoms with Crippen LogP contribution in [0.4, 0.5) is 4.79 Å². The lowest BCUT2D eigenvalue weighted by Gasteiger charge is -2.52. The van der Waals surface area contributed by atoms with E-state index >= 15 is 0 Å². The van der Waals surface area contributed by atoms with Crippen LogP contribution in [0.25, 0.3) is 0 Å². The van der Waals surface area contributed by atoms with Gasteiger partial charge in [0.05, 0.1) is 23.2 Å². The van der Waals surface area contributed by atoms with Crippen LogP contribution >= 0.6 is 0 Å². The van der Waals surface area contributed by atoms with Crippen molar-refractivity contribution in [1.29, 1.82) is 0 Å². The lowest BCUT2D eigenvalue weighted by atomic mass is 9.52. The van der Waals surface area contributed by atoms with E-state index in [1.165, 1.54) is 31.1 Å². The first-order valence-electron chi connectivity index (χ1n) is 11.5. The third kappa shape index (κ3) is 3.73. The van der Waals surface area contributed by atoms with Crippen LogP contribution < -0.4 is 16.9 Å². The van der Waals surface area contributed by atoms with Crippen LogP contribution in [0.2, 0.25) is 0 Å². The van der Waals surface area contributed by atoms with Crippen LogP contribution in [0.5, 0.6) is 5.75 Å². The molecule has 1 aromatic rings. The number of carbonyl (C=O) groups excluding carboxylic acids is 6. The zero-order valence-electron chi connectivity index (χ0n) is 20.3. The SMILES string of the molecule is CC(=NNC(N)=O)c1ccc(O)c2c1C[C@H]1C[C@H]3C(N(C)C)C(=O)C(C(N)=O)C(=O)[C@@]3(O)C(=O)C1C2=O. The number of nitrogens with one attached hydrogen (secondary N) is 1. The average molecular weight is 514 g/mol. The summed E-state index contributed by atoms with van der Waals surface area (Å²) < 4.78 is 0. The molecule has 0 aromatic heterocycles. The molecule has 2 saturated carbocycles. The van der Waals surface area contributed by atoms with E-state index in [-0.39, 0.29) is 24.1 Å². The number of aromatic hydroxyl groups is 1. The lowest BCUT2D eigenvalue weighted by Crippen LogP contribution is -2.74. The minimum absolute atomic E-state index is 0.0685. The van der Waals surface area contributed by atoms with E-state index in [9.17, 15) is 39.0 Å². The summed E-state index contributed by atoms with van der Waals surface area (Å²) in [6, 6.07) is 0.637. The summed E-state index contributed by atoms with van der Waals surface area (Å²) in [5, 5.41) is 26.0. The molecule has 3 amide bonds. The number of ketones is 4. The van der Waals surface area contributed by atoms with Crippen molar-refractivity contribution in [3.05, 3.63) is 28.8 Å². The number of primary amides is 2. The summed E-state index contributed by atoms with van der Waals surface area (Å²) in [4.78, 5) is 78.3. The Balaban J connectivity index is 1.86. The molecule has 3 aliphatic carbocycles. The minimum atomic E-state index is -2.78. The first-order valence-corrected chi connectivity index (χ1v) is 11.5. The Labute approximate surface area is 210 Å². The number of benzene rings is 1. The fourth-order valence-electron chi connectivity index (χ4n) is 6.14. The second kappa shape index (κ2) is 8.85. The number of phenols is 1. The van der Waals surface area contributed by atoms with Gasteiger partial charge in [0.1, 0.15) is 5.75 Å². The van der Waals surface area contributed by atoms with Crippen molar-refractivity contribution in [2.24, 2.45) is 40.2 Å². The fourth-order valence-corrected chi connectivity index (χ4v) is 6.14. The lowest BCUT2D eigenvalue weighted by molar-refractivity contribution is -0.181. The van der Waals surface area contributed by atoms with Crippen LogP contribution in [0.15, 0.2) is 17.2 Å². The maximum absolute atomic E-state index is 13.8. The van der Waals surface area contributed by atoms with Crippen molar-refractivity contribution in [2.45, 2.75) is 31.4 Å². The zero-order chi connectivity index (χ0) is 27.6. The highest BCUT2D eigenvalue weighted by atomic mass is 16.3. The maximum Gasteiger partial charge on any atom is 0.332 e. The number of nitrogens with zero attached hydrogens (tertiary/aromatic N) is 2. The number of hydrazone groups is 1. The van der Waals surface area contributed by atoms with Crippen molar-refractivity contribution in [1.82, 2.24) is 10.3 Å². The number of likely N-dealkylation sites (N-methyl/N-ethyl adjacent to an activating group) is 1. The molecule has 6 atom stereocenters. The molecule has 196 valence electrons. The van der Waals surface area contributed by atoms with E-state index in [1.807, 2.05) is 0 Å². The van der Waals surface area contributed by atoms with Gasteiger partial charge in [0.2, 0.25) is 5.91 Å². The van der Waals surface area contributed by atoms with Crippen LogP contribution in [0.1, 0.15) is 34.8 Å². The van der Waals surface area contributed by atoms with Gasteiger partial charge in [-0.25, -0.2) is 10.2 Å². The molecular weight excluding hydrogens is 486 g/mol. The van der Waals surface area contributed by atoms with Gasteiger partial charge in [-0.05, 0) is 57.5 Å². The van der Waals surface area contributed by atoms with E-state index in [0.29, 0.717) is 11.1 Å². The number of nitrogens with two attached hydrogens (primary N) is 2. The van der Waals surface area contributed by atoms with Gasteiger partial charge in [0.15, 0.2) is 34.7 Å². The van der Waals surface area contributed by atoms with Gasteiger partial charge in [-0.3, -0.25) is 28.9 Å². The zero-order valence-corrected chi connectivity index (χ0v) is 20.3. The Hall–Kier alpha value is -3.97. The Morgan fingerprint density at radius 3 is 2.35 bits per heavy atom. The average Bonchev–Trinajstić information content (AvgIpc) is 2.79. The number of rotatable bonds is 4. The number of aliphatic hydroxyl groups is 1. The quantitative estimate of drug-likeness (QED) is 0.175. The van der Waals surface area contributed by atoms with Crippen molar-refractivity contribution >= 4 is 40.8 Å². The van der Waals surface area contributed by atoms with Gasteiger partial charge in [-0.2, -0.15) is 5.10 Å². The molecule has 0 saturated heterocycles. The van der Waals surface area contributed by atoms with E-state index in [0.717, 1.165) is 0 Å². The van der Waals surface area contributed by atoms with Gasteiger partial charge in [-0.1, -0.05) is 0 Å². The molecular formula is C24H27N5O8. The molecule has 0 spiro atoms. The van der Waals surface area contributed by atoms with Gasteiger partial charge in [0, 0.05) is 11.5 Å². The Bertz CT molecular complexity index is 1300. The van der Waals surface area contributed by atoms with Gasteiger partial charge in [-0.15, -0.1) is 0 Å². The highest BCUT2D eigenvalue weighted by Gasteiger charge is 2.69. The first kappa shape index (κ1) is 26.1. The van der Waals surface area contributed by atoms with Crippen molar-refractivity contribution in [2.75, 3.05) is 14.1 Å². The molecule has 0 radical (unpaired) electrons. The molecule has 0 heterocycles. The topological polar surface area (TPSA) is 223 Å². The van der Waals surface area contributed by atoms with E-state index in [2.05, 4.69) is 10.5 Å². The minimum Gasteiger partial charge on any atom is -0.507 e. The summed E-state index contributed by atoms with van der Waals surface area (Å²) in [6.07, 6.45) is -0.00623. The van der Waals surface area contributed by atoms with Gasteiger partial charge >= 0.3 is 6.03 Å². The van der Waals surface area contributed by atoms with Crippen LogP contribution in [0, 0.1) is 23.7 Å². The van der Waals surface area contributed by atoms with Gasteiger partial charge in [0.25, 0.3) is 0 Å². The first-order chi connectivity index (χ1) is 17.2. The molecule has 2 fully saturated rings. The van der Waals surface area contributed by atoms with Gasteiger partial charge < -0.3 is 21.7 Å². The number of fused-ring (bicyclic) bond motifs is 3. The number of amides is 3. The van der Waals surface area contributed by atoms with Crippen LogP contribution in [-0.4, -0.2) is 81.6 Å². The molecule has 13 nitrogen and oxygen atoms in total. The predicted molar refractivity (Wildman–Crippen MR) is 126 cm³/mol. The van der Waals surface area contributed by atoms with E-state index in [1.54, 1.807) is 6.92 Å². The van der Waals surface area contributed by atoms with Crippen molar-refractivity contribution in [3.63, 3.8) is 0 Å². The predicted octanol–water partition coefficient (Wildman–Crippen LogP) is -1.74. The summed E-state index contributed by atoms with van der Waals surface area (Å²) in [7, 11) is 3.02. The monoisotopic (exact) mass is 513 g/mol. The van der Waals surface area contributed by atoms with Crippen molar-refractivity contribution in [3.8, 4) is 5.75 Å². The van der Waals surface area contributed by atoms with Crippen molar-refractivity contribution < 1.29 is 39.0 Å². The molecule has 13 heteroatoms. The largest absolute Gasteiger partial charge is 0.507 e. The molecule has 0 bridgehead atoms. The molecule has 4 rings (SSSR count). The van der Waals surface area contributed by atoms with E-state index < -0.39 is 76.1 Å². The Morgan fingerprint density at radius 1 is 1.14 bits per heavy atom. The number of phenolic OH excluding ortho intramolecular Hbond substituents is 1. The second-order valence-corrected chi connectivity index (χ2v) is 9.95. The third-order valence-electron chi connectivity index (χ3n) is 7.67. The van der Waals surface area contributed by atoms with Crippen LogP contribution in [-0.2, 0) is 25.6 Å². The normalized spacial score (nSPS) is 31.5. The summed E-state index contributed by atoms with van der Waals surface area (Å²) in [5.41, 5.74) is 10.6. The number of hydrogen-bond donors (Lipinski definition) is 5. The number of carbonyl (C=O) groups is 6. The Kier molecular flexibility index (Phi) is 6.24.